The molecule has 2 aromatic rings. The van der Waals surface area contributed by atoms with Crippen molar-refractivity contribution in [3.8, 4) is 6.01 Å². The Morgan fingerprint density at radius 3 is 2.61 bits per heavy atom. The minimum atomic E-state index is -0.544. The summed E-state index contributed by atoms with van der Waals surface area (Å²) in [6.07, 6.45) is 0. The van der Waals surface area contributed by atoms with E-state index in [1.54, 1.807) is 13.0 Å². The Morgan fingerprint density at radius 2 is 2.00 bits per heavy atom. The Kier molecular flexibility index (Phi) is 2.97. The number of hydrogen-bond donors (Lipinski definition) is 1. The van der Waals surface area contributed by atoms with Gasteiger partial charge in [-0.15, -0.1) is 0 Å². The van der Waals surface area contributed by atoms with Gasteiger partial charge < -0.3 is 15.2 Å². The molecule has 0 spiro atoms. The van der Waals surface area contributed by atoms with E-state index in [9.17, 15) is 4.79 Å². The van der Waals surface area contributed by atoms with Crippen LogP contribution in [-0.4, -0.2) is 35.1 Å². The van der Waals surface area contributed by atoms with Crippen molar-refractivity contribution in [2.75, 3.05) is 20.0 Å². The fourth-order valence-corrected chi connectivity index (χ4v) is 1.55. The maximum Gasteiger partial charge on any atom is 0.341 e. The highest BCUT2D eigenvalue weighted by molar-refractivity contribution is 5.98. The van der Waals surface area contributed by atoms with E-state index in [4.69, 9.17) is 10.5 Å². The Balaban J connectivity index is 2.72. The fourth-order valence-electron chi connectivity index (χ4n) is 1.55. The van der Waals surface area contributed by atoms with E-state index in [0.29, 0.717) is 16.7 Å². The van der Waals surface area contributed by atoms with Crippen molar-refractivity contribution in [1.29, 1.82) is 0 Å². The zero-order chi connectivity index (χ0) is 13.3. The lowest BCUT2D eigenvalue weighted by Gasteiger charge is -2.07. The van der Waals surface area contributed by atoms with E-state index >= 15 is 0 Å². The van der Waals surface area contributed by atoms with Gasteiger partial charge in [0.1, 0.15) is 11.4 Å². The maximum absolute atomic E-state index is 11.5. The summed E-state index contributed by atoms with van der Waals surface area (Å²) in [7, 11) is 2.75. The van der Waals surface area contributed by atoms with E-state index in [-0.39, 0.29) is 17.4 Å². The standard InChI is InChI=1S/C11H12N4O3/c1-5-6-4-7(10(16)17-2)8(12)14-9(6)15-11(13-5)18-3/h4H,1-3H3,(H2,12,13,14,15). The summed E-state index contributed by atoms with van der Waals surface area (Å²) in [5, 5.41) is 0.630. The second-order valence-electron chi connectivity index (χ2n) is 3.58. The first kappa shape index (κ1) is 12.0. The van der Waals surface area contributed by atoms with Crippen LogP contribution in [0.15, 0.2) is 6.07 Å². The number of aryl methyl sites for hydroxylation is 1. The molecule has 0 bridgehead atoms. The summed E-state index contributed by atoms with van der Waals surface area (Å²) < 4.78 is 9.57. The zero-order valence-electron chi connectivity index (χ0n) is 10.2. The molecule has 0 unspecified atom stereocenters. The van der Waals surface area contributed by atoms with Crippen molar-refractivity contribution in [1.82, 2.24) is 15.0 Å². The summed E-state index contributed by atoms with van der Waals surface area (Å²) in [5.41, 5.74) is 6.91. The number of aromatic nitrogens is 3. The molecular formula is C11H12N4O3. The van der Waals surface area contributed by atoms with Crippen LogP contribution in [0.4, 0.5) is 5.82 Å². The van der Waals surface area contributed by atoms with Crippen molar-refractivity contribution in [3.05, 3.63) is 17.3 Å². The molecule has 0 radical (unpaired) electrons. The molecule has 7 heteroatoms. The van der Waals surface area contributed by atoms with Crippen LogP contribution in [0.25, 0.3) is 11.0 Å². The Labute approximate surface area is 103 Å². The first-order chi connectivity index (χ1) is 8.56. The van der Waals surface area contributed by atoms with Gasteiger partial charge in [0.25, 0.3) is 0 Å². The van der Waals surface area contributed by atoms with Crippen molar-refractivity contribution in [2.24, 2.45) is 0 Å². The second-order valence-corrected chi connectivity index (χ2v) is 3.58. The third-order valence-corrected chi connectivity index (χ3v) is 2.47. The molecule has 0 aliphatic carbocycles. The number of ether oxygens (including phenoxy) is 2. The molecule has 0 saturated carbocycles. The molecule has 2 aromatic heterocycles. The van der Waals surface area contributed by atoms with Crippen molar-refractivity contribution in [2.45, 2.75) is 6.92 Å². The zero-order valence-corrected chi connectivity index (χ0v) is 10.2. The molecule has 2 N–H and O–H groups in total. The number of fused-ring (bicyclic) bond motifs is 1. The quantitative estimate of drug-likeness (QED) is 0.781. The fraction of sp³-hybridized carbons (Fsp3) is 0.273. The number of esters is 1. The average molecular weight is 248 g/mol. The molecular weight excluding hydrogens is 236 g/mol. The number of carbonyl (C=O) groups excluding carboxylic acids is 1. The number of nitrogens with two attached hydrogens (primary N) is 1. The Hall–Kier alpha value is -2.44. The highest BCUT2D eigenvalue weighted by atomic mass is 16.5. The van der Waals surface area contributed by atoms with Gasteiger partial charge in [0.15, 0.2) is 5.65 Å². The van der Waals surface area contributed by atoms with Gasteiger partial charge in [-0.2, -0.15) is 9.97 Å². The molecule has 94 valence electrons. The van der Waals surface area contributed by atoms with Crippen molar-refractivity contribution < 1.29 is 14.3 Å². The topological polar surface area (TPSA) is 100 Å². The van der Waals surface area contributed by atoms with Crippen LogP contribution in [0.3, 0.4) is 0 Å². The van der Waals surface area contributed by atoms with Gasteiger partial charge in [-0.1, -0.05) is 0 Å². The Bertz CT molecular complexity index is 627. The average Bonchev–Trinajstić information content (AvgIpc) is 2.36. The molecule has 0 fully saturated rings. The van der Waals surface area contributed by atoms with Crippen LogP contribution >= 0.6 is 0 Å². The predicted molar refractivity (Wildman–Crippen MR) is 64.4 cm³/mol. The normalized spacial score (nSPS) is 10.4. The minimum Gasteiger partial charge on any atom is -0.467 e. The van der Waals surface area contributed by atoms with Crippen LogP contribution in [0, 0.1) is 6.92 Å². The number of pyridine rings is 1. The van der Waals surface area contributed by atoms with E-state index in [1.807, 2.05) is 0 Å². The van der Waals surface area contributed by atoms with Crippen molar-refractivity contribution >= 4 is 22.8 Å². The number of nitrogen functional groups attached to an aromatic ring is 1. The molecule has 0 aliphatic heterocycles. The monoisotopic (exact) mass is 248 g/mol. The predicted octanol–water partition coefficient (Wildman–Crippen LogP) is 0.711. The van der Waals surface area contributed by atoms with Gasteiger partial charge in [0.05, 0.1) is 19.9 Å². The number of nitrogens with zero attached hydrogens (tertiary/aromatic N) is 3. The lowest BCUT2D eigenvalue weighted by atomic mass is 10.2. The van der Waals surface area contributed by atoms with Gasteiger partial charge in [0.2, 0.25) is 0 Å². The van der Waals surface area contributed by atoms with Crippen LogP contribution in [0.5, 0.6) is 6.01 Å². The third-order valence-electron chi connectivity index (χ3n) is 2.47. The smallest absolute Gasteiger partial charge is 0.341 e. The highest BCUT2D eigenvalue weighted by Gasteiger charge is 2.15. The number of methoxy groups -OCH3 is 2. The van der Waals surface area contributed by atoms with Crippen LogP contribution in [0.1, 0.15) is 16.1 Å². The molecule has 0 amide bonds. The largest absolute Gasteiger partial charge is 0.467 e. The molecule has 2 heterocycles. The molecule has 0 aliphatic rings. The van der Waals surface area contributed by atoms with E-state index in [0.717, 1.165) is 0 Å². The maximum atomic E-state index is 11.5. The second kappa shape index (κ2) is 4.44. The molecule has 7 nitrogen and oxygen atoms in total. The van der Waals surface area contributed by atoms with Crippen molar-refractivity contribution in [3.63, 3.8) is 0 Å². The number of carbonyl (C=O) groups is 1. The van der Waals surface area contributed by atoms with Gasteiger partial charge in [-0.05, 0) is 13.0 Å². The molecule has 0 atom stereocenters. The summed E-state index contributed by atoms with van der Waals surface area (Å²) in [4.78, 5) is 23.7. The lowest BCUT2D eigenvalue weighted by molar-refractivity contribution is 0.0602. The molecule has 2 rings (SSSR count). The number of rotatable bonds is 2. The van der Waals surface area contributed by atoms with Crippen LogP contribution in [0.2, 0.25) is 0 Å². The number of hydrogen-bond acceptors (Lipinski definition) is 7. The number of anilines is 1. The highest BCUT2D eigenvalue weighted by Crippen LogP contribution is 2.21. The summed E-state index contributed by atoms with van der Waals surface area (Å²) in [6.45, 7) is 1.77. The SMILES string of the molecule is COC(=O)c1cc2c(C)nc(OC)nc2nc1N. The van der Waals surface area contributed by atoms with Gasteiger partial charge in [-0.3, -0.25) is 0 Å². The van der Waals surface area contributed by atoms with E-state index in [1.165, 1.54) is 14.2 Å². The van der Waals surface area contributed by atoms with E-state index in [2.05, 4.69) is 19.7 Å². The third kappa shape index (κ3) is 1.90. The van der Waals surface area contributed by atoms with Gasteiger partial charge in [0, 0.05) is 5.39 Å². The van der Waals surface area contributed by atoms with Crippen LogP contribution < -0.4 is 10.5 Å². The minimum absolute atomic E-state index is 0.0644. The van der Waals surface area contributed by atoms with Gasteiger partial charge >= 0.3 is 12.0 Å². The molecule has 18 heavy (non-hydrogen) atoms. The lowest BCUT2D eigenvalue weighted by Crippen LogP contribution is -2.09. The molecule has 0 aromatic carbocycles. The molecule has 0 saturated heterocycles. The first-order valence-electron chi connectivity index (χ1n) is 5.14. The first-order valence-corrected chi connectivity index (χ1v) is 5.14. The summed E-state index contributed by atoms with van der Waals surface area (Å²) >= 11 is 0. The van der Waals surface area contributed by atoms with E-state index < -0.39 is 5.97 Å². The van der Waals surface area contributed by atoms with Gasteiger partial charge in [-0.25, -0.2) is 9.78 Å². The van der Waals surface area contributed by atoms with Crippen LogP contribution in [-0.2, 0) is 4.74 Å². The summed E-state index contributed by atoms with van der Waals surface area (Å²) in [6, 6.07) is 1.77. The summed E-state index contributed by atoms with van der Waals surface area (Å²) in [5.74, 6) is -0.480. The Morgan fingerprint density at radius 1 is 1.28 bits per heavy atom.